The molecule has 6 nitrogen and oxygen atoms in total. The Morgan fingerprint density at radius 3 is 0.756 bits per heavy atom. The van der Waals surface area contributed by atoms with E-state index in [-0.39, 0.29) is 31.1 Å². The van der Waals surface area contributed by atoms with Crippen molar-refractivity contribution in [2.24, 2.45) is 0 Å². The Balaban J connectivity index is 4.24. The van der Waals surface area contributed by atoms with Crippen LogP contribution in [-0.2, 0) is 28.6 Å². The number of ether oxygens (including phenoxy) is 3. The second kappa shape index (κ2) is 69.3. The van der Waals surface area contributed by atoms with E-state index in [1.165, 1.54) is 167 Å². The summed E-state index contributed by atoms with van der Waals surface area (Å²) in [6.45, 7) is 6.49. The lowest BCUT2D eigenvalue weighted by Gasteiger charge is -2.18. The molecule has 0 rings (SSSR count). The highest BCUT2D eigenvalue weighted by molar-refractivity contribution is 5.71. The van der Waals surface area contributed by atoms with E-state index in [0.717, 1.165) is 116 Å². The fourth-order valence-electron chi connectivity index (χ4n) is 9.51. The fraction of sp³-hybridized carbons (Fsp3) is 0.697. The zero-order valence-corrected chi connectivity index (χ0v) is 53.7. The van der Waals surface area contributed by atoms with Crippen LogP contribution in [0.1, 0.15) is 323 Å². The van der Waals surface area contributed by atoms with E-state index in [9.17, 15) is 14.4 Å². The Hall–Kier alpha value is -4.19. The summed E-state index contributed by atoms with van der Waals surface area (Å²) in [5.41, 5.74) is 0. The van der Waals surface area contributed by atoms with Gasteiger partial charge in [-0.1, -0.05) is 290 Å². The zero-order valence-electron chi connectivity index (χ0n) is 53.7. The fourth-order valence-corrected chi connectivity index (χ4v) is 9.51. The molecule has 0 saturated carbocycles. The maximum atomic E-state index is 12.9. The monoisotopic (exact) mass is 1140 g/mol. The third-order valence-corrected chi connectivity index (χ3v) is 14.7. The molecule has 0 aromatic heterocycles. The molecule has 0 aliphatic rings. The molecular formula is C76H128O6. The minimum Gasteiger partial charge on any atom is -0.462 e. The van der Waals surface area contributed by atoms with Crippen LogP contribution < -0.4 is 0 Å². The topological polar surface area (TPSA) is 78.9 Å². The smallest absolute Gasteiger partial charge is 0.306 e. The summed E-state index contributed by atoms with van der Waals surface area (Å²) in [6.07, 6.45) is 96.4. The van der Waals surface area contributed by atoms with E-state index in [1.807, 2.05) is 0 Å². The minimum atomic E-state index is -0.787. The summed E-state index contributed by atoms with van der Waals surface area (Å²) in [4.78, 5) is 38.4. The first kappa shape index (κ1) is 77.8. The molecule has 0 radical (unpaired) electrons. The lowest BCUT2D eigenvalue weighted by Crippen LogP contribution is -2.30. The van der Waals surface area contributed by atoms with Crippen LogP contribution in [0.3, 0.4) is 0 Å². The quantitative estimate of drug-likeness (QED) is 0.0261. The minimum absolute atomic E-state index is 0.0838. The van der Waals surface area contributed by atoms with Crippen LogP contribution >= 0.6 is 0 Å². The third kappa shape index (κ3) is 66.6. The predicted octanol–water partition coefficient (Wildman–Crippen LogP) is 23.9. The summed E-state index contributed by atoms with van der Waals surface area (Å²) in [5, 5.41) is 0. The third-order valence-electron chi connectivity index (χ3n) is 14.7. The number of unbranched alkanes of at least 4 members (excludes halogenated alkanes) is 31. The number of rotatable bonds is 62. The Bertz CT molecular complexity index is 1690. The molecule has 0 aliphatic heterocycles. The van der Waals surface area contributed by atoms with Crippen molar-refractivity contribution in [3.63, 3.8) is 0 Å². The highest BCUT2D eigenvalue weighted by atomic mass is 16.6. The molecule has 1 atom stereocenters. The first-order valence-corrected chi connectivity index (χ1v) is 34.5. The number of carbonyl (C=O) groups is 3. The van der Waals surface area contributed by atoms with Gasteiger partial charge in [-0.25, -0.2) is 0 Å². The van der Waals surface area contributed by atoms with Crippen molar-refractivity contribution >= 4 is 17.9 Å². The van der Waals surface area contributed by atoms with E-state index in [2.05, 4.69) is 142 Å². The molecule has 0 heterocycles. The van der Waals surface area contributed by atoms with Crippen LogP contribution in [0.4, 0.5) is 0 Å². The van der Waals surface area contributed by atoms with Gasteiger partial charge in [0.25, 0.3) is 0 Å². The Labute approximate surface area is 507 Å². The van der Waals surface area contributed by atoms with E-state index < -0.39 is 6.10 Å². The summed E-state index contributed by atoms with van der Waals surface area (Å²) in [6, 6.07) is 0. The van der Waals surface area contributed by atoms with Crippen molar-refractivity contribution in [3.8, 4) is 0 Å². The van der Waals surface area contributed by atoms with Crippen LogP contribution in [0.15, 0.2) is 122 Å². The van der Waals surface area contributed by atoms with Crippen molar-refractivity contribution in [2.75, 3.05) is 13.2 Å². The molecule has 0 fully saturated rings. The molecule has 6 heteroatoms. The second-order valence-electron chi connectivity index (χ2n) is 22.7. The van der Waals surface area contributed by atoms with Gasteiger partial charge in [-0.15, -0.1) is 0 Å². The van der Waals surface area contributed by atoms with Gasteiger partial charge in [-0.2, -0.15) is 0 Å². The zero-order chi connectivity index (χ0) is 59.2. The van der Waals surface area contributed by atoms with E-state index in [0.29, 0.717) is 19.3 Å². The van der Waals surface area contributed by atoms with Gasteiger partial charge in [0.2, 0.25) is 0 Å². The summed E-state index contributed by atoms with van der Waals surface area (Å²) in [7, 11) is 0. The van der Waals surface area contributed by atoms with Crippen LogP contribution in [0.5, 0.6) is 0 Å². The highest BCUT2D eigenvalue weighted by Crippen LogP contribution is 2.16. The summed E-state index contributed by atoms with van der Waals surface area (Å²) < 4.78 is 16.9. The number of esters is 3. The molecule has 0 aliphatic carbocycles. The molecule has 82 heavy (non-hydrogen) atoms. The van der Waals surface area contributed by atoms with Crippen molar-refractivity contribution < 1.29 is 28.6 Å². The average Bonchev–Trinajstić information content (AvgIpc) is 3.47. The molecule has 0 N–H and O–H groups in total. The van der Waals surface area contributed by atoms with Gasteiger partial charge in [-0.05, 0) is 135 Å². The van der Waals surface area contributed by atoms with Gasteiger partial charge < -0.3 is 14.2 Å². The summed E-state index contributed by atoms with van der Waals surface area (Å²) in [5.74, 6) is -0.891. The van der Waals surface area contributed by atoms with Gasteiger partial charge in [0, 0.05) is 19.3 Å². The van der Waals surface area contributed by atoms with Gasteiger partial charge >= 0.3 is 17.9 Å². The van der Waals surface area contributed by atoms with Gasteiger partial charge in [0.15, 0.2) is 6.10 Å². The van der Waals surface area contributed by atoms with Crippen LogP contribution in [0.2, 0.25) is 0 Å². The van der Waals surface area contributed by atoms with Crippen LogP contribution in [-0.4, -0.2) is 37.2 Å². The van der Waals surface area contributed by atoms with E-state index >= 15 is 0 Å². The summed E-state index contributed by atoms with van der Waals surface area (Å²) >= 11 is 0. The average molecular weight is 1140 g/mol. The molecule has 468 valence electrons. The molecule has 0 aromatic rings. The SMILES string of the molecule is CC/C=C\C/C=C\C/C=C\C/C=C\C/C=C\C/C=C\C/C=C\CCCCCCCCCCCCCC(=O)OCC(COC(=O)CCCCCCC/C=C\CCCCC)OC(=O)CCCCCCCCCCC/C=C\C/C=C\CCCCC. The molecule has 1 unspecified atom stereocenters. The standard InChI is InChI=1S/C76H128O6/c1-4-7-10-13-16-19-22-25-27-29-31-32-33-34-35-36-37-38-39-40-41-42-43-44-46-47-49-51-54-57-60-63-66-69-75(78)81-72-73(71-80-74(77)68-65-62-59-56-53-24-21-18-15-12-9-6-3)82-76(79)70-67-64-61-58-55-52-50-48-45-30-28-26-23-20-17-14-11-8-5-2/h7,10,16-21,25-28,31-32,34-35,37-38,40-41,73H,4-6,8-9,11-15,22-24,29-30,33,36,39,42-72H2,1-3H3/b10-7-,19-16-,20-17-,21-18-,27-25-,28-26-,32-31-,35-34-,38-37-,41-40-. The molecular weight excluding hydrogens is 1010 g/mol. The van der Waals surface area contributed by atoms with Crippen molar-refractivity contribution in [1.82, 2.24) is 0 Å². The lowest BCUT2D eigenvalue weighted by molar-refractivity contribution is -0.167. The molecule has 0 aromatic carbocycles. The van der Waals surface area contributed by atoms with Crippen LogP contribution in [0.25, 0.3) is 0 Å². The predicted molar refractivity (Wildman–Crippen MR) is 357 cm³/mol. The number of hydrogen-bond acceptors (Lipinski definition) is 6. The first-order valence-electron chi connectivity index (χ1n) is 34.5. The van der Waals surface area contributed by atoms with Gasteiger partial charge in [0.1, 0.15) is 13.2 Å². The Morgan fingerprint density at radius 2 is 0.476 bits per heavy atom. The van der Waals surface area contributed by atoms with Crippen molar-refractivity contribution in [3.05, 3.63) is 122 Å². The van der Waals surface area contributed by atoms with E-state index in [1.54, 1.807) is 0 Å². The maximum absolute atomic E-state index is 12.9. The van der Waals surface area contributed by atoms with Crippen molar-refractivity contribution in [1.29, 1.82) is 0 Å². The number of allylic oxidation sites excluding steroid dienone is 20. The molecule has 0 saturated heterocycles. The molecule has 0 amide bonds. The Kier molecular flexibility index (Phi) is 65.8. The number of carbonyl (C=O) groups excluding carboxylic acids is 3. The normalized spacial score (nSPS) is 12.9. The highest BCUT2D eigenvalue weighted by Gasteiger charge is 2.19. The van der Waals surface area contributed by atoms with Crippen molar-refractivity contribution in [2.45, 2.75) is 329 Å². The Morgan fingerprint density at radius 1 is 0.256 bits per heavy atom. The first-order chi connectivity index (χ1) is 40.5. The maximum Gasteiger partial charge on any atom is 0.306 e. The lowest BCUT2D eigenvalue weighted by atomic mass is 10.0. The molecule has 0 spiro atoms. The van der Waals surface area contributed by atoms with E-state index in [4.69, 9.17) is 14.2 Å². The van der Waals surface area contributed by atoms with Gasteiger partial charge in [-0.3, -0.25) is 14.4 Å². The largest absolute Gasteiger partial charge is 0.462 e. The van der Waals surface area contributed by atoms with Gasteiger partial charge in [0.05, 0.1) is 0 Å². The second-order valence-corrected chi connectivity index (χ2v) is 22.7. The number of hydrogen-bond donors (Lipinski definition) is 0. The molecule has 0 bridgehead atoms. The van der Waals surface area contributed by atoms with Crippen LogP contribution in [0, 0.1) is 0 Å².